The molecule has 0 bridgehead atoms. The van der Waals surface area contributed by atoms with Crippen molar-refractivity contribution in [1.82, 2.24) is 9.80 Å². The maximum Gasteiger partial charge on any atom is 0.191 e. The minimum Gasteiger partial charge on any atom is -0.370 e. The molecule has 6 heteroatoms. The summed E-state index contributed by atoms with van der Waals surface area (Å²) in [6, 6.07) is 3.35. The van der Waals surface area contributed by atoms with Crippen LogP contribution in [0.3, 0.4) is 0 Å². The average Bonchev–Trinajstić information content (AvgIpc) is 2.66. The van der Waals surface area contributed by atoms with Crippen molar-refractivity contribution in [1.29, 1.82) is 0 Å². The van der Waals surface area contributed by atoms with Crippen molar-refractivity contribution in [2.75, 3.05) is 33.7 Å². The molecule has 1 atom stereocenters. The van der Waals surface area contributed by atoms with Gasteiger partial charge in [0.25, 0.3) is 0 Å². The number of guanidine groups is 1. The molecule has 0 aliphatic carbocycles. The van der Waals surface area contributed by atoms with Crippen LogP contribution in [0.25, 0.3) is 0 Å². The molecule has 0 aromatic heterocycles. The van der Waals surface area contributed by atoms with Crippen LogP contribution in [0.1, 0.15) is 11.6 Å². The van der Waals surface area contributed by atoms with Gasteiger partial charge in [-0.25, -0.2) is 8.78 Å². The Morgan fingerprint density at radius 2 is 1.95 bits per heavy atom. The average molecular weight is 268 g/mol. The second-order valence-electron chi connectivity index (χ2n) is 4.91. The van der Waals surface area contributed by atoms with E-state index in [-0.39, 0.29) is 6.04 Å². The Labute approximate surface area is 111 Å². The Bertz CT molecular complexity index is 467. The van der Waals surface area contributed by atoms with Crippen molar-refractivity contribution in [2.24, 2.45) is 10.7 Å². The van der Waals surface area contributed by atoms with Gasteiger partial charge in [0.05, 0.1) is 12.6 Å². The third kappa shape index (κ3) is 3.20. The van der Waals surface area contributed by atoms with E-state index in [0.717, 1.165) is 12.6 Å². The lowest BCUT2D eigenvalue weighted by Crippen LogP contribution is -2.40. The predicted molar refractivity (Wildman–Crippen MR) is 70.8 cm³/mol. The highest BCUT2D eigenvalue weighted by Crippen LogP contribution is 2.26. The Balaban J connectivity index is 2.18. The molecule has 2 rings (SSSR count). The minimum absolute atomic E-state index is 0.190. The third-order valence-electron chi connectivity index (χ3n) is 3.15. The SMILES string of the molecule is CN(C)CCN1C(N)=NCC1c1cc(F)cc(F)c1. The molecular formula is C13H18F2N4. The largest absolute Gasteiger partial charge is 0.370 e. The van der Waals surface area contributed by atoms with Crippen LogP contribution >= 0.6 is 0 Å². The highest BCUT2D eigenvalue weighted by Gasteiger charge is 2.27. The van der Waals surface area contributed by atoms with Crippen LogP contribution in [0.4, 0.5) is 8.78 Å². The Morgan fingerprint density at radius 1 is 1.32 bits per heavy atom. The Kier molecular flexibility index (Phi) is 3.99. The van der Waals surface area contributed by atoms with Crippen molar-refractivity contribution < 1.29 is 8.78 Å². The van der Waals surface area contributed by atoms with Crippen LogP contribution in [0.2, 0.25) is 0 Å². The highest BCUT2D eigenvalue weighted by molar-refractivity contribution is 5.80. The maximum absolute atomic E-state index is 13.3. The number of nitrogens with two attached hydrogens (primary N) is 1. The van der Waals surface area contributed by atoms with Crippen LogP contribution in [0.15, 0.2) is 23.2 Å². The fourth-order valence-electron chi connectivity index (χ4n) is 2.16. The first-order valence-corrected chi connectivity index (χ1v) is 6.14. The summed E-state index contributed by atoms with van der Waals surface area (Å²) in [4.78, 5) is 8.08. The van der Waals surface area contributed by atoms with Gasteiger partial charge in [-0.05, 0) is 31.8 Å². The van der Waals surface area contributed by atoms with Gasteiger partial charge in [0.1, 0.15) is 11.6 Å². The molecule has 104 valence electrons. The topological polar surface area (TPSA) is 44.9 Å². The van der Waals surface area contributed by atoms with Crippen LogP contribution in [-0.2, 0) is 0 Å². The van der Waals surface area contributed by atoms with Gasteiger partial charge in [0.15, 0.2) is 5.96 Å². The van der Waals surface area contributed by atoms with Gasteiger partial charge in [-0.3, -0.25) is 4.99 Å². The zero-order chi connectivity index (χ0) is 14.0. The highest BCUT2D eigenvalue weighted by atomic mass is 19.1. The molecule has 0 saturated heterocycles. The fraction of sp³-hybridized carbons (Fsp3) is 0.462. The van der Waals surface area contributed by atoms with E-state index in [1.165, 1.54) is 12.1 Å². The summed E-state index contributed by atoms with van der Waals surface area (Å²) in [6.45, 7) is 1.90. The van der Waals surface area contributed by atoms with Gasteiger partial charge < -0.3 is 15.5 Å². The van der Waals surface area contributed by atoms with E-state index < -0.39 is 11.6 Å². The molecule has 2 N–H and O–H groups in total. The summed E-state index contributed by atoms with van der Waals surface area (Å²) in [5, 5.41) is 0. The summed E-state index contributed by atoms with van der Waals surface area (Å²) in [5.41, 5.74) is 6.41. The first kappa shape index (κ1) is 13.7. The molecule has 1 heterocycles. The first-order chi connectivity index (χ1) is 8.97. The maximum atomic E-state index is 13.3. The minimum atomic E-state index is -0.576. The normalized spacial score (nSPS) is 19.1. The summed E-state index contributed by atoms with van der Waals surface area (Å²) >= 11 is 0. The molecule has 1 unspecified atom stereocenters. The lowest BCUT2D eigenvalue weighted by Gasteiger charge is -2.27. The third-order valence-corrected chi connectivity index (χ3v) is 3.15. The molecule has 4 nitrogen and oxygen atoms in total. The number of hydrogen-bond donors (Lipinski definition) is 1. The van der Waals surface area contributed by atoms with Crippen LogP contribution in [0.5, 0.6) is 0 Å². The molecule has 0 spiro atoms. The van der Waals surface area contributed by atoms with E-state index in [9.17, 15) is 8.78 Å². The summed E-state index contributed by atoms with van der Waals surface area (Å²) in [5.74, 6) is -0.724. The van der Waals surface area contributed by atoms with Gasteiger partial charge in [0, 0.05) is 19.2 Å². The lowest BCUT2D eigenvalue weighted by atomic mass is 10.1. The van der Waals surface area contributed by atoms with Crippen LogP contribution < -0.4 is 5.73 Å². The van der Waals surface area contributed by atoms with Gasteiger partial charge in [0.2, 0.25) is 0 Å². The Morgan fingerprint density at radius 3 is 2.53 bits per heavy atom. The van der Waals surface area contributed by atoms with E-state index in [4.69, 9.17) is 5.73 Å². The van der Waals surface area contributed by atoms with Gasteiger partial charge in [-0.2, -0.15) is 0 Å². The summed E-state index contributed by atoms with van der Waals surface area (Å²) < 4.78 is 26.6. The second-order valence-corrected chi connectivity index (χ2v) is 4.91. The number of nitrogens with zero attached hydrogens (tertiary/aromatic N) is 3. The molecular weight excluding hydrogens is 250 g/mol. The van der Waals surface area contributed by atoms with E-state index in [1.807, 2.05) is 23.9 Å². The molecule has 0 saturated carbocycles. The van der Waals surface area contributed by atoms with E-state index in [2.05, 4.69) is 4.99 Å². The molecule has 1 aliphatic heterocycles. The smallest absolute Gasteiger partial charge is 0.191 e. The summed E-state index contributed by atoms with van der Waals surface area (Å²) in [7, 11) is 3.92. The standard InChI is InChI=1S/C13H18F2N4/c1-18(2)3-4-19-12(8-17-13(19)16)9-5-10(14)7-11(15)6-9/h5-7,12H,3-4,8H2,1-2H3,(H2,16,17). The zero-order valence-electron chi connectivity index (χ0n) is 11.1. The monoisotopic (exact) mass is 268 g/mol. The second kappa shape index (κ2) is 5.52. The van der Waals surface area contributed by atoms with Crippen molar-refractivity contribution >= 4 is 5.96 Å². The number of hydrogen-bond acceptors (Lipinski definition) is 4. The van der Waals surface area contributed by atoms with Crippen molar-refractivity contribution in [3.05, 3.63) is 35.4 Å². The van der Waals surface area contributed by atoms with Crippen molar-refractivity contribution in [2.45, 2.75) is 6.04 Å². The van der Waals surface area contributed by atoms with Crippen molar-refractivity contribution in [3.8, 4) is 0 Å². The summed E-state index contributed by atoms with van der Waals surface area (Å²) in [6.07, 6.45) is 0. The molecule has 1 aromatic carbocycles. The molecule has 1 aliphatic rings. The molecule has 1 aromatic rings. The van der Waals surface area contributed by atoms with Gasteiger partial charge in [-0.15, -0.1) is 0 Å². The lowest BCUT2D eigenvalue weighted by molar-refractivity contribution is 0.292. The van der Waals surface area contributed by atoms with Crippen LogP contribution in [0, 0.1) is 11.6 Å². The van der Waals surface area contributed by atoms with Gasteiger partial charge >= 0.3 is 0 Å². The number of aliphatic imine (C=N–C) groups is 1. The molecule has 0 fully saturated rings. The van der Waals surface area contributed by atoms with E-state index >= 15 is 0 Å². The number of halogens is 2. The predicted octanol–water partition coefficient (Wildman–Crippen LogP) is 1.20. The van der Waals surface area contributed by atoms with Crippen LogP contribution in [-0.4, -0.2) is 49.5 Å². The van der Waals surface area contributed by atoms with Gasteiger partial charge in [-0.1, -0.05) is 0 Å². The van der Waals surface area contributed by atoms with E-state index in [0.29, 0.717) is 24.6 Å². The number of rotatable bonds is 4. The zero-order valence-corrected chi connectivity index (χ0v) is 11.1. The first-order valence-electron chi connectivity index (χ1n) is 6.14. The molecule has 0 amide bonds. The number of likely N-dealkylation sites (N-methyl/N-ethyl adjacent to an activating group) is 1. The fourth-order valence-corrected chi connectivity index (χ4v) is 2.16. The van der Waals surface area contributed by atoms with Crippen molar-refractivity contribution in [3.63, 3.8) is 0 Å². The molecule has 0 radical (unpaired) electrons. The number of benzene rings is 1. The Hall–Kier alpha value is -1.69. The van der Waals surface area contributed by atoms with E-state index in [1.54, 1.807) is 0 Å². The quantitative estimate of drug-likeness (QED) is 0.892. The molecule has 19 heavy (non-hydrogen) atoms.